The maximum absolute atomic E-state index is 11.7. The van der Waals surface area contributed by atoms with Crippen LogP contribution in [-0.4, -0.2) is 47.2 Å². The first-order valence-electron chi connectivity index (χ1n) is 10.4. The molecule has 5 N–H and O–H groups in total. The van der Waals surface area contributed by atoms with Crippen molar-refractivity contribution in [2.24, 2.45) is 0 Å². The van der Waals surface area contributed by atoms with Crippen molar-refractivity contribution in [1.29, 1.82) is 0 Å². The molecule has 1 aromatic heterocycles. The Morgan fingerprint density at radius 2 is 1.85 bits per heavy atom. The molecule has 0 unspecified atom stereocenters. The summed E-state index contributed by atoms with van der Waals surface area (Å²) < 4.78 is 4.87. The van der Waals surface area contributed by atoms with E-state index in [1.165, 1.54) is 11.8 Å². The summed E-state index contributed by atoms with van der Waals surface area (Å²) in [7, 11) is 1.58. The van der Waals surface area contributed by atoms with Gasteiger partial charge in [-0.05, 0) is 49.6 Å². The number of benzene rings is 2. The summed E-state index contributed by atoms with van der Waals surface area (Å²) in [6.07, 6.45) is 2.08. The van der Waals surface area contributed by atoms with Crippen LogP contribution in [0.2, 0.25) is 0 Å². The average molecular weight is 452 g/mol. The van der Waals surface area contributed by atoms with E-state index in [0.29, 0.717) is 11.3 Å². The summed E-state index contributed by atoms with van der Waals surface area (Å²) in [5.41, 5.74) is 9.17. The molecule has 3 rings (SSSR count). The molecule has 0 fully saturated rings. The fourth-order valence-corrected chi connectivity index (χ4v) is 2.86. The molecule has 0 aliphatic rings. The van der Waals surface area contributed by atoms with Gasteiger partial charge in [0.15, 0.2) is 0 Å². The van der Waals surface area contributed by atoms with Crippen molar-refractivity contribution < 1.29 is 19.4 Å². The van der Waals surface area contributed by atoms with Gasteiger partial charge < -0.3 is 26.2 Å². The second-order valence-electron chi connectivity index (χ2n) is 6.91. The van der Waals surface area contributed by atoms with Crippen molar-refractivity contribution in [3.8, 4) is 0 Å². The zero-order chi connectivity index (χ0) is 24.2. The smallest absolute Gasteiger partial charge is 0.343 e. The highest BCUT2D eigenvalue weighted by atomic mass is 16.5. The van der Waals surface area contributed by atoms with Gasteiger partial charge in [-0.1, -0.05) is 30.3 Å². The van der Waals surface area contributed by atoms with Gasteiger partial charge in [-0.2, -0.15) is 4.98 Å². The molecule has 9 nitrogen and oxygen atoms in total. The predicted octanol–water partition coefficient (Wildman–Crippen LogP) is 2.87. The molecular formula is C24H29N5O4. The second kappa shape index (κ2) is 12.8. The van der Waals surface area contributed by atoms with E-state index in [9.17, 15) is 9.59 Å². The number of aliphatic hydroxyl groups excluding tert-OH is 1. The van der Waals surface area contributed by atoms with Gasteiger partial charge in [-0.3, -0.25) is 4.79 Å². The minimum absolute atomic E-state index is 0.0321. The van der Waals surface area contributed by atoms with Gasteiger partial charge in [-0.25, -0.2) is 9.78 Å². The number of rotatable bonds is 7. The first-order valence-corrected chi connectivity index (χ1v) is 10.4. The molecule has 0 saturated heterocycles. The quantitative estimate of drug-likeness (QED) is 0.402. The third-order valence-corrected chi connectivity index (χ3v) is 4.51. The highest BCUT2D eigenvalue weighted by Gasteiger charge is 2.14. The lowest BCUT2D eigenvalue weighted by molar-refractivity contribution is 0.0526. The summed E-state index contributed by atoms with van der Waals surface area (Å²) in [6, 6.07) is 15.2. The van der Waals surface area contributed by atoms with Gasteiger partial charge >= 0.3 is 5.97 Å². The van der Waals surface area contributed by atoms with Crippen molar-refractivity contribution in [2.45, 2.75) is 20.3 Å². The van der Waals surface area contributed by atoms with E-state index in [1.54, 1.807) is 32.2 Å². The highest BCUT2D eigenvalue weighted by molar-refractivity contribution is 5.96. The number of aromatic nitrogens is 2. The maximum atomic E-state index is 11.7. The highest BCUT2D eigenvalue weighted by Crippen LogP contribution is 2.19. The molecule has 2 aromatic carbocycles. The first-order chi connectivity index (χ1) is 15.9. The molecule has 9 heteroatoms. The van der Waals surface area contributed by atoms with Gasteiger partial charge in [0.05, 0.1) is 6.61 Å². The Hall–Kier alpha value is -3.98. The lowest BCUT2D eigenvalue weighted by Gasteiger charge is -2.10. The Balaban J connectivity index is 0.000000357. The predicted molar refractivity (Wildman–Crippen MR) is 127 cm³/mol. The number of nitrogen functional groups attached to an aromatic ring is 1. The van der Waals surface area contributed by atoms with E-state index in [2.05, 4.69) is 20.6 Å². The molecular weight excluding hydrogens is 422 g/mol. The van der Waals surface area contributed by atoms with E-state index in [0.717, 1.165) is 12.0 Å². The van der Waals surface area contributed by atoms with Crippen molar-refractivity contribution in [3.05, 3.63) is 77.0 Å². The average Bonchev–Trinajstić information content (AvgIpc) is 2.80. The standard InChI is InChI=1S/C16H19N5O3.C8H10O/c1-4-24-15(23)12-8-19-16(21-13(12)17)20-10-5-6-11(9(2)7-10)14(22)18-3;9-7-6-8-4-2-1-3-5-8/h5-8H,4H2,1-3H3,(H,18,22)(H3,17,19,20,21);1-5,9H,6-7H2. The van der Waals surface area contributed by atoms with E-state index in [4.69, 9.17) is 15.6 Å². The molecule has 0 aliphatic carbocycles. The number of nitrogens with zero attached hydrogens (tertiary/aromatic N) is 2. The van der Waals surface area contributed by atoms with Crippen LogP contribution in [0.3, 0.4) is 0 Å². The number of amides is 1. The lowest BCUT2D eigenvalue weighted by atomic mass is 10.1. The Bertz CT molecular complexity index is 1070. The van der Waals surface area contributed by atoms with Crippen molar-refractivity contribution in [3.63, 3.8) is 0 Å². The molecule has 0 spiro atoms. The van der Waals surface area contributed by atoms with Crippen LogP contribution in [-0.2, 0) is 11.2 Å². The Morgan fingerprint density at radius 1 is 1.12 bits per heavy atom. The summed E-state index contributed by atoms with van der Waals surface area (Å²) >= 11 is 0. The van der Waals surface area contributed by atoms with Crippen molar-refractivity contribution in [2.75, 3.05) is 31.3 Å². The van der Waals surface area contributed by atoms with Crippen molar-refractivity contribution >= 4 is 29.3 Å². The number of aryl methyl sites for hydroxylation is 1. The fraction of sp³-hybridized carbons (Fsp3) is 0.250. The van der Waals surface area contributed by atoms with Crippen LogP contribution in [0, 0.1) is 6.92 Å². The molecule has 0 atom stereocenters. The monoisotopic (exact) mass is 451 g/mol. The van der Waals surface area contributed by atoms with Crippen LogP contribution in [0.25, 0.3) is 0 Å². The minimum Gasteiger partial charge on any atom is -0.462 e. The number of nitrogens with two attached hydrogens (primary N) is 1. The fourth-order valence-electron chi connectivity index (χ4n) is 2.86. The third-order valence-electron chi connectivity index (χ3n) is 4.51. The first kappa shape index (κ1) is 25.3. The van der Waals surface area contributed by atoms with E-state index < -0.39 is 5.97 Å². The van der Waals surface area contributed by atoms with Crippen LogP contribution in [0.1, 0.15) is 38.8 Å². The lowest BCUT2D eigenvalue weighted by Crippen LogP contribution is -2.18. The SMILES string of the molecule is CCOC(=O)c1cnc(Nc2ccc(C(=O)NC)c(C)c2)nc1N.OCCc1ccccc1. The van der Waals surface area contributed by atoms with Gasteiger partial charge in [0.2, 0.25) is 5.95 Å². The molecule has 1 amide bonds. The van der Waals surface area contributed by atoms with E-state index in [1.807, 2.05) is 37.3 Å². The molecule has 3 aromatic rings. The molecule has 0 saturated carbocycles. The van der Waals surface area contributed by atoms with Crippen LogP contribution in [0.5, 0.6) is 0 Å². The maximum Gasteiger partial charge on any atom is 0.343 e. The van der Waals surface area contributed by atoms with Crippen LogP contribution in [0.4, 0.5) is 17.5 Å². The third kappa shape index (κ3) is 7.58. The number of carbonyl (C=O) groups is 2. The number of aliphatic hydroxyl groups is 1. The van der Waals surface area contributed by atoms with E-state index >= 15 is 0 Å². The number of esters is 1. The van der Waals surface area contributed by atoms with Crippen molar-refractivity contribution in [1.82, 2.24) is 15.3 Å². The van der Waals surface area contributed by atoms with Crippen LogP contribution in [0.15, 0.2) is 54.7 Å². The van der Waals surface area contributed by atoms with Crippen LogP contribution < -0.4 is 16.4 Å². The Morgan fingerprint density at radius 3 is 2.42 bits per heavy atom. The Kier molecular flexibility index (Phi) is 9.79. The molecule has 33 heavy (non-hydrogen) atoms. The number of hydrogen-bond donors (Lipinski definition) is 4. The zero-order valence-corrected chi connectivity index (χ0v) is 19.0. The Labute approximate surface area is 193 Å². The van der Waals surface area contributed by atoms with E-state index in [-0.39, 0.29) is 36.5 Å². The van der Waals surface area contributed by atoms with Gasteiger partial charge in [0.25, 0.3) is 5.91 Å². The molecule has 0 aliphatic heterocycles. The van der Waals surface area contributed by atoms with Crippen LogP contribution >= 0.6 is 0 Å². The summed E-state index contributed by atoms with van der Waals surface area (Å²) in [5.74, 6) is -0.442. The molecule has 0 radical (unpaired) electrons. The number of carbonyl (C=O) groups excluding carboxylic acids is 2. The number of hydrogen-bond acceptors (Lipinski definition) is 8. The van der Waals surface area contributed by atoms with Gasteiger partial charge in [0, 0.05) is 31.1 Å². The summed E-state index contributed by atoms with van der Waals surface area (Å²) in [6.45, 7) is 4.02. The summed E-state index contributed by atoms with van der Waals surface area (Å²) in [5, 5.41) is 14.1. The van der Waals surface area contributed by atoms with Gasteiger partial charge in [-0.15, -0.1) is 0 Å². The molecule has 174 valence electrons. The minimum atomic E-state index is -0.563. The van der Waals surface area contributed by atoms with Gasteiger partial charge in [0.1, 0.15) is 11.4 Å². The largest absolute Gasteiger partial charge is 0.462 e. The zero-order valence-electron chi connectivity index (χ0n) is 19.0. The number of anilines is 3. The second-order valence-corrected chi connectivity index (χ2v) is 6.91. The normalized spacial score (nSPS) is 9.94. The number of nitrogens with one attached hydrogen (secondary N) is 2. The summed E-state index contributed by atoms with van der Waals surface area (Å²) in [4.78, 5) is 31.5. The molecule has 1 heterocycles. The number of ether oxygens (including phenoxy) is 1. The topological polar surface area (TPSA) is 139 Å². The molecule has 0 bridgehead atoms.